The molecule has 1 rings (SSSR count). The predicted octanol–water partition coefficient (Wildman–Crippen LogP) is 2.45. The second-order valence-corrected chi connectivity index (χ2v) is 5.00. The Morgan fingerprint density at radius 3 is 2.82 bits per heavy atom. The molecule has 0 aromatic heterocycles. The van der Waals surface area contributed by atoms with Crippen molar-refractivity contribution in [3.05, 3.63) is 34.3 Å². The van der Waals surface area contributed by atoms with E-state index in [1.165, 1.54) is 0 Å². The molecule has 1 unspecified atom stereocenters. The number of likely N-dealkylation sites (N-methyl/N-ethyl adjacent to an activating group) is 1. The Morgan fingerprint density at radius 2 is 2.24 bits per heavy atom. The fourth-order valence-corrected chi connectivity index (χ4v) is 2.24. The van der Waals surface area contributed by atoms with Gasteiger partial charge in [0.05, 0.1) is 12.6 Å². The molecule has 4 heteroatoms. The number of hydrogen-bond donors (Lipinski definition) is 1. The number of rotatable bonds is 7. The lowest BCUT2D eigenvalue weighted by Gasteiger charge is -2.26. The number of halogens is 1. The van der Waals surface area contributed by atoms with Crippen LogP contribution in [0, 0.1) is 0 Å². The summed E-state index contributed by atoms with van der Waals surface area (Å²) in [5.74, 6) is 0. The van der Waals surface area contributed by atoms with Crippen LogP contribution in [0.25, 0.3) is 0 Å². The summed E-state index contributed by atoms with van der Waals surface area (Å²) in [5.41, 5.74) is 1.13. The largest absolute Gasteiger partial charge is 0.394 e. The van der Waals surface area contributed by atoms with Crippen LogP contribution in [-0.2, 0) is 4.74 Å². The van der Waals surface area contributed by atoms with Gasteiger partial charge >= 0.3 is 0 Å². The molecule has 0 saturated heterocycles. The second kappa shape index (κ2) is 7.82. The quantitative estimate of drug-likeness (QED) is 0.785. The smallest absolute Gasteiger partial charge is 0.0628 e. The van der Waals surface area contributed by atoms with Crippen LogP contribution in [0.15, 0.2) is 28.7 Å². The van der Waals surface area contributed by atoms with E-state index in [0.717, 1.165) is 29.6 Å². The first-order valence-corrected chi connectivity index (χ1v) is 6.54. The van der Waals surface area contributed by atoms with Crippen LogP contribution in [0.2, 0.25) is 0 Å². The molecule has 0 spiro atoms. The Bertz CT molecular complexity index is 333. The van der Waals surface area contributed by atoms with Crippen LogP contribution >= 0.6 is 15.9 Å². The highest BCUT2D eigenvalue weighted by atomic mass is 79.9. The molecule has 1 N–H and O–H groups in total. The highest BCUT2D eigenvalue weighted by molar-refractivity contribution is 9.10. The third-order valence-electron chi connectivity index (χ3n) is 2.80. The highest BCUT2D eigenvalue weighted by Gasteiger charge is 2.15. The molecule has 0 radical (unpaired) electrons. The van der Waals surface area contributed by atoms with E-state index in [-0.39, 0.29) is 12.6 Å². The Hall–Kier alpha value is -0.420. The lowest BCUT2D eigenvalue weighted by atomic mass is 10.1. The summed E-state index contributed by atoms with van der Waals surface area (Å²) in [6, 6.07) is 8.12. The zero-order valence-corrected chi connectivity index (χ0v) is 12.0. The maximum absolute atomic E-state index is 9.51. The summed E-state index contributed by atoms with van der Waals surface area (Å²) in [6.45, 7) is 1.78. The molecule has 0 aliphatic heterocycles. The van der Waals surface area contributed by atoms with Crippen molar-refractivity contribution >= 4 is 15.9 Å². The SMILES string of the molecule is COCCCN(C)C(CO)c1cccc(Br)c1. The molecule has 1 aromatic rings. The second-order valence-electron chi connectivity index (χ2n) is 4.08. The van der Waals surface area contributed by atoms with Crippen molar-refractivity contribution in [2.45, 2.75) is 12.5 Å². The van der Waals surface area contributed by atoms with Crippen LogP contribution in [0.4, 0.5) is 0 Å². The summed E-state index contributed by atoms with van der Waals surface area (Å²) in [4.78, 5) is 2.15. The molecule has 0 fully saturated rings. The van der Waals surface area contributed by atoms with Gasteiger partial charge in [-0.05, 0) is 31.2 Å². The van der Waals surface area contributed by atoms with Crippen LogP contribution in [0.3, 0.4) is 0 Å². The van der Waals surface area contributed by atoms with Crippen LogP contribution in [-0.4, -0.2) is 43.9 Å². The third-order valence-corrected chi connectivity index (χ3v) is 3.29. The number of ether oxygens (including phenoxy) is 1. The Kier molecular flexibility index (Phi) is 6.73. The average molecular weight is 302 g/mol. The Morgan fingerprint density at radius 1 is 1.47 bits per heavy atom. The van der Waals surface area contributed by atoms with Crippen LogP contribution < -0.4 is 0 Å². The molecule has 96 valence electrons. The maximum Gasteiger partial charge on any atom is 0.0628 e. The van der Waals surface area contributed by atoms with E-state index in [2.05, 4.69) is 20.8 Å². The molecule has 0 aliphatic rings. The van der Waals surface area contributed by atoms with Gasteiger partial charge in [-0.15, -0.1) is 0 Å². The number of benzene rings is 1. The van der Waals surface area contributed by atoms with Crippen molar-refractivity contribution in [2.24, 2.45) is 0 Å². The van der Waals surface area contributed by atoms with E-state index in [9.17, 15) is 5.11 Å². The monoisotopic (exact) mass is 301 g/mol. The van der Waals surface area contributed by atoms with Crippen molar-refractivity contribution in [3.8, 4) is 0 Å². The molecule has 1 atom stereocenters. The Labute approximate surface area is 112 Å². The van der Waals surface area contributed by atoms with E-state index in [1.807, 2.05) is 31.3 Å². The van der Waals surface area contributed by atoms with Crippen LogP contribution in [0.1, 0.15) is 18.0 Å². The molecule has 0 saturated carbocycles. The summed E-state index contributed by atoms with van der Waals surface area (Å²) in [7, 11) is 3.73. The van der Waals surface area contributed by atoms with Gasteiger partial charge in [-0.3, -0.25) is 4.90 Å². The minimum absolute atomic E-state index is 0.0457. The minimum Gasteiger partial charge on any atom is -0.394 e. The molecule has 1 aromatic carbocycles. The molecule has 0 bridgehead atoms. The van der Waals surface area contributed by atoms with Crippen molar-refractivity contribution in [2.75, 3.05) is 33.9 Å². The van der Waals surface area contributed by atoms with Gasteiger partial charge < -0.3 is 9.84 Å². The van der Waals surface area contributed by atoms with E-state index in [1.54, 1.807) is 7.11 Å². The molecular formula is C13H20BrNO2. The molecule has 3 nitrogen and oxygen atoms in total. The number of methoxy groups -OCH3 is 1. The minimum atomic E-state index is 0.0457. The van der Waals surface area contributed by atoms with Crippen molar-refractivity contribution < 1.29 is 9.84 Å². The number of aliphatic hydroxyl groups is 1. The molecule has 0 heterocycles. The van der Waals surface area contributed by atoms with Gasteiger partial charge in [0.25, 0.3) is 0 Å². The van der Waals surface area contributed by atoms with Crippen molar-refractivity contribution in [1.82, 2.24) is 4.90 Å². The van der Waals surface area contributed by atoms with E-state index in [4.69, 9.17) is 4.74 Å². The third kappa shape index (κ3) is 4.76. The first-order chi connectivity index (χ1) is 8.19. The normalized spacial score (nSPS) is 13.0. The van der Waals surface area contributed by atoms with E-state index < -0.39 is 0 Å². The van der Waals surface area contributed by atoms with Gasteiger partial charge in [-0.25, -0.2) is 0 Å². The number of hydrogen-bond acceptors (Lipinski definition) is 3. The number of nitrogens with zero attached hydrogens (tertiary/aromatic N) is 1. The van der Waals surface area contributed by atoms with Gasteiger partial charge in [0, 0.05) is 24.7 Å². The first kappa shape index (κ1) is 14.6. The van der Waals surface area contributed by atoms with Crippen molar-refractivity contribution in [3.63, 3.8) is 0 Å². The van der Waals surface area contributed by atoms with Gasteiger partial charge in [-0.1, -0.05) is 28.1 Å². The molecule has 0 aliphatic carbocycles. The summed E-state index contributed by atoms with van der Waals surface area (Å²) in [6.07, 6.45) is 0.970. The van der Waals surface area contributed by atoms with Gasteiger partial charge in [0.1, 0.15) is 0 Å². The lowest BCUT2D eigenvalue weighted by Crippen LogP contribution is -2.28. The summed E-state index contributed by atoms with van der Waals surface area (Å²) >= 11 is 3.45. The first-order valence-electron chi connectivity index (χ1n) is 5.74. The average Bonchev–Trinajstić information content (AvgIpc) is 2.30. The van der Waals surface area contributed by atoms with Gasteiger partial charge in [0.15, 0.2) is 0 Å². The molecular weight excluding hydrogens is 282 g/mol. The molecule has 0 amide bonds. The Balaban J connectivity index is 2.63. The fourth-order valence-electron chi connectivity index (χ4n) is 1.83. The summed E-state index contributed by atoms with van der Waals surface area (Å²) in [5, 5.41) is 9.51. The van der Waals surface area contributed by atoms with Crippen molar-refractivity contribution in [1.29, 1.82) is 0 Å². The standard InChI is InChI=1S/C13H20BrNO2/c1-15(7-4-8-17-2)13(10-16)11-5-3-6-12(14)9-11/h3,5-6,9,13,16H,4,7-8,10H2,1-2H3. The highest BCUT2D eigenvalue weighted by Crippen LogP contribution is 2.22. The zero-order chi connectivity index (χ0) is 12.7. The topological polar surface area (TPSA) is 32.7 Å². The van der Waals surface area contributed by atoms with Gasteiger partial charge in [-0.2, -0.15) is 0 Å². The van der Waals surface area contributed by atoms with Crippen LogP contribution in [0.5, 0.6) is 0 Å². The van der Waals surface area contributed by atoms with Gasteiger partial charge in [0.2, 0.25) is 0 Å². The maximum atomic E-state index is 9.51. The number of aliphatic hydroxyl groups excluding tert-OH is 1. The predicted molar refractivity (Wildman–Crippen MR) is 73.1 cm³/mol. The zero-order valence-electron chi connectivity index (χ0n) is 10.4. The fraction of sp³-hybridized carbons (Fsp3) is 0.538. The summed E-state index contributed by atoms with van der Waals surface area (Å²) < 4.78 is 6.07. The van der Waals surface area contributed by atoms with E-state index >= 15 is 0 Å². The molecule has 17 heavy (non-hydrogen) atoms. The lowest BCUT2D eigenvalue weighted by molar-refractivity contribution is 0.128. The van der Waals surface area contributed by atoms with E-state index in [0.29, 0.717) is 0 Å².